The molecular formula is C20H23FN2O4S. The molecular weight excluding hydrogens is 383 g/mol. The minimum Gasteiger partial charge on any atom is -0.465 e. The Bertz CT molecular complexity index is 930. The zero-order valence-corrected chi connectivity index (χ0v) is 16.7. The van der Waals surface area contributed by atoms with Gasteiger partial charge in [-0.05, 0) is 48.9 Å². The molecule has 2 aromatic carbocycles. The Hall–Kier alpha value is -2.45. The standard InChI is InChI=1S/C20H23FN2O4S/c1-15-13-22(19-9-5-17(6-10-19)20(24)27-2)11-12-23(15)28(25,26)14-16-3-7-18(21)8-4-16/h3-10,15H,11-14H2,1-2H3. The molecule has 1 heterocycles. The van der Waals surface area contributed by atoms with Crippen molar-refractivity contribution in [2.24, 2.45) is 0 Å². The molecule has 1 saturated heterocycles. The van der Waals surface area contributed by atoms with E-state index in [4.69, 9.17) is 4.74 Å². The molecule has 3 rings (SSSR count). The molecule has 0 radical (unpaired) electrons. The van der Waals surface area contributed by atoms with Gasteiger partial charge in [0.05, 0.1) is 18.4 Å². The fraction of sp³-hybridized carbons (Fsp3) is 0.350. The van der Waals surface area contributed by atoms with E-state index in [1.807, 2.05) is 19.1 Å². The summed E-state index contributed by atoms with van der Waals surface area (Å²) in [5.74, 6) is -0.927. The Kier molecular flexibility index (Phi) is 6.00. The van der Waals surface area contributed by atoms with Gasteiger partial charge in [0.1, 0.15) is 5.82 Å². The van der Waals surface area contributed by atoms with E-state index in [2.05, 4.69) is 4.90 Å². The van der Waals surface area contributed by atoms with E-state index in [0.717, 1.165) is 5.69 Å². The molecule has 0 aliphatic carbocycles. The summed E-state index contributed by atoms with van der Waals surface area (Å²) >= 11 is 0. The third-order valence-electron chi connectivity index (χ3n) is 4.84. The number of nitrogens with zero attached hydrogens (tertiary/aromatic N) is 2. The van der Waals surface area contributed by atoms with Gasteiger partial charge in [0, 0.05) is 31.4 Å². The molecule has 28 heavy (non-hydrogen) atoms. The summed E-state index contributed by atoms with van der Waals surface area (Å²) in [6, 6.07) is 12.4. The molecule has 0 aromatic heterocycles. The van der Waals surface area contributed by atoms with E-state index in [-0.39, 0.29) is 17.6 Å². The highest BCUT2D eigenvalue weighted by atomic mass is 32.2. The first-order chi connectivity index (χ1) is 13.3. The largest absolute Gasteiger partial charge is 0.465 e. The SMILES string of the molecule is COC(=O)c1ccc(N2CCN(S(=O)(=O)Cc3ccc(F)cc3)C(C)C2)cc1. The Morgan fingerprint density at radius 1 is 1.11 bits per heavy atom. The zero-order chi connectivity index (χ0) is 20.3. The Balaban J connectivity index is 1.67. The number of anilines is 1. The number of carbonyl (C=O) groups is 1. The van der Waals surface area contributed by atoms with Crippen molar-refractivity contribution in [2.45, 2.75) is 18.7 Å². The molecule has 150 valence electrons. The van der Waals surface area contributed by atoms with Crippen molar-refractivity contribution in [3.8, 4) is 0 Å². The van der Waals surface area contributed by atoms with Crippen LogP contribution in [0, 0.1) is 5.82 Å². The molecule has 2 aromatic rings. The molecule has 1 unspecified atom stereocenters. The second-order valence-electron chi connectivity index (χ2n) is 6.83. The molecule has 0 saturated carbocycles. The number of rotatable bonds is 5. The second-order valence-corrected chi connectivity index (χ2v) is 8.75. The lowest BCUT2D eigenvalue weighted by Crippen LogP contribution is -2.54. The van der Waals surface area contributed by atoms with Crippen molar-refractivity contribution in [1.82, 2.24) is 4.31 Å². The van der Waals surface area contributed by atoms with Crippen molar-refractivity contribution in [1.29, 1.82) is 0 Å². The maximum atomic E-state index is 13.0. The number of hydrogen-bond acceptors (Lipinski definition) is 5. The molecule has 8 heteroatoms. The van der Waals surface area contributed by atoms with Crippen molar-refractivity contribution in [2.75, 3.05) is 31.6 Å². The average Bonchev–Trinajstić information content (AvgIpc) is 2.69. The van der Waals surface area contributed by atoms with Gasteiger partial charge in [0.15, 0.2) is 0 Å². The van der Waals surface area contributed by atoms with Crippen molar-refractivity contribution in [3.63, 3.8) is 0 Å². The number of methoxy groups -OCH3 is 1. The molecule has 6 nitrogen and oxygen atoms in total. The third-order valence-corrected chi connectivity index (χ3v) is 6.79. The van der Waals surface area contributed by atoms with Crippen LogP contribution in [0.2, 0.25) is 0 Å². The van der Waals surface area contributed by atoms with E-state index in [9.17, 15) is 17.6 Å². The van der Waals surface area contributed by atoms with Crippen LogP contribution in [0.3, 0.4) is 0 Å². The molecule has 1 atom stereocenters. The number of sulfonamides is 1. The Labute approximate surface area is 164 Å². The minimum absolute atomic E-state index is 0.147. The first kappa shape index (κ1) is 20.3. The lowest BCUT2D eigenvalue weighted by atomic mass is 10.1. The van der Waals surface area contributed by atoms with Crippen LogP contribution in [-0.2, 0) is 20.5 Å². The maximum absolute atomic E-state index is 13.0. The predicted octanol–water partition coefficient (Wildman–Crippen LogP) is 2.65. The Morgan fingerprint density at radius 3 is 2.32 bits per heavy atom. The third kappa shape index (κ3) is 4.51. The predicted molar refractivity (Wildman–Crippen MR) is 105 cm³/mol. The van der Waals surface area contributed by atoms with E-state index >= 15 is 0 Å². The second kappa shape index (κ2) is 8.28. The van der Waals surface area contributed by atoms with Crippen LogP contribution in [0.5, 0.6) is 0 Å². The smallest absolute Gasteiger partial charge is 0.337 e. The van der Waals surface area contributed by atoms with Gasteiger partial charge in [-0.25, -0.2) is 17.6 Å². The lowest BCUT2D eigenvalue weighted by Gasteiger charge is -2.40. The highest BCUT2D eigenvalue weighted by molar-refractivity contribution is 7.88. The highest BCUT2D eigenvalue weighted by Crippen LogP contribution is 2.23. The fourth-order valence-electron chi connectivity index (χ4n) is 3.39. The van der Waals surface area contributed by atoms with Crippen LogP contribution in [0.25, 0.3) is 0 Å². The molecule has 0 spiro atoms. The van der Waals surface area contributed by atoms with Gasteiger partial charge in [-0.3, -0.25) is 0 Å². The van der Waals surface area contributed by atoms with Crippen molar-refractivity contribution < 1.29 is 22.3 Å². The number of halogens is 1. The molecule has 1 aliphatic rings. The van der Waals surface area contributed by atoms with E-state index < -0.39 is 16.0 Å². The zero-order valence-electron chi connectivity index (χ0n) is 15.8. The van der Waals surface area contributed by atoms with E-state index in [1.165, 1.54) is 35.7 Å². The normalized spacial score (nSPS) is 18.1. The number of carbonyl (C=O) groups excluding carboxylic acids is 1. The first-order valence-corrected chi connectivity index (χ1v) is 10.6. The molecule has 1 aliphatic heterocycles. The summed E-state index contributed by atoms with van der Waals surface area (Å²) in [5.41, 5.74) is 1.96. The molecule has 1 fully saturated rings. The van der Waals surface area contributed by atoms with Crippen molar-refractivity contribution >= 4 is 21.7 Å². The maximum Gasteiger partial charge on any atom is 0.337 e. The summed E-state index contributed by atoms with van der Waals surface area (Å²) in [6.45, 7) is 3.32. The number of esters is 1. The highest BCUT2D eigenvalue weighted by Gasteiger charge is 2.32. The summed E-state index contributed by atoms with van der Waals surface area (Å²) in [4.78, 5) is 13.6. The molecule has 0 N–H and O–H groups in total. The number of benzene rings is 2. The summed E-state index contributed by atoms with van der Waals surface area (Å²) in [6.07, 6.45) is 0. The van der Waals surface area contributed by atoms with Crippen LogP contribution in [0.1, 0.15) is 22.8 Å². The van der Waals surface area contributed by atoms with Crippen LogP contribution in [0.15, 0.2) is 48.5 Å². The van der Waals surface area contributed by atoms with Gasteiger partial charge in [-0.15, -0.1) is 0 Å². The van der Waals surface area contributed by atoms with E-state index in [0.29, 0.717) is 30.8 Å². The minimum atomic E-state index is -3.50. The van der Waals surface area contributed by atoms with Crippen LogP contribution in [0.4, 0.5) is 10.1 Å². The van der Waals surface area contributed by atoms with Gasteiger partial charge in [-0.2, -0.15) is 4.31 Å². The quantitative estimate of drug-likeness (QED) is 0.715. The number of hydrogen-bond donors (Lipinski definition) is 0. The lowest BCUT2D eigenvalue weighted by molar-refractivity contribution is 0.0600. The van der Waals surface area contributed by atoms with Gasteiger partial charge in [0.2, 0.25) is 10.0 Å². The van der Waals surface area contributed by atoms with Crippen molar-refractivity contribution in [3.05, 3.63) is 65.5 Å². The van der Waals surface area contributed by atoms with Crippen LogP contribution < -0.4 is 4.90 Å². The van der Waals surface area contributed by atoms with Gasteiger partial charge in [0.25, 0.3) is 0 Å². The fourth-order valence-corrected chi connectivity index (χ4v) is 5.14. The summed E-state index contributed by atoms with van der Waals surface area (Å²) < 4.78 is 44.9. The van der Waals surface area contributed by atoms with E-state index in [1.54, 1.807) is 12.1 Å². The van der Waals surface area contributed by atoms with Crippen LogP contribution in [-0.4, -0.2) is 51.5 Å². The Morgan fingerprint density at radius 2 is 1.75 bits per heavy atom. The number of piperazine rings is 1. The summed E-state index contributed by atoms with van der Waals surface area (Å²) in [5, 5.41) is 0. The average molecular weight is 406 g/mol. The monoisotopic (exact) mass is 406 g/mol. The first-order valence-electron chi connectivity index (χ1n) is 8.97. The molecule has 0 bridgehead atoms. The molecule has 0 amide bonds. The topological polar surface area (TPSA) is 66.9 Å². The van der Waals surface area contributed by atoms with Gasteiger partial charge >= 0.3 is 5.97 Å². The number of ether oxygens (including phenoxy) is 1. The van der Waals surface area contributed by atoms with Gasteiger partial charge < -0.3 is 9.64 Å². The van der Waals surface area contributed by atoms with Crippen LogP contribution >= 0.6 is 0 Å². The summed E-state index contributed by atoms with van der Waals surface area (Å²) in [7, 11) is -2.17. The van der Waals surface area contributed by atoms with Gasteiger partial charge in [-0.1, -0.05) is 12.1 Å².